The molecular weight excluding hydrogens is 390 g/mol. The standard InChI is InChI=1S/C25H33N3O3/c1-5-6-17-28(24(30)31-25(2,3)4)22-20(14-10-16-26-22)21-15-11-18-27(21)23(29)19-12-8-7-9-13-19/h7-10,12-14,16,21H,5-6,11,15,17-18H2,1-4H3/t21-/m1/s1. The average molecular weight is 424 g/mol. The molecule has 0 saturated carbocycles. The summed E-state index contributed by atoms with van der Waals surface area (Å²) in [6, 6.07) is 13.1. The van der Waals surface area contributed by atoms with Crippen LogP contribution in [-0.4, -0.2) is 40.6 Å². The highest BCUT2D eigenvalue weighted by atomic mass is 16.6. The first-order chi connectivity index (χ1) is 14.8. The largest absolute Gasteiger partial charge is 0.443 e. The summed E-state index contributed by atoms with van der Waals surface area (Å²) < 4.78 is 5.68. The van der Waals surface area contributed by atoms with Gasteiger partial charge in [0.05, 0.1) is 6.04 Å². The van der Waals surface area contributed by atoms with Crippen molar-refractivity contribution in [1.29, 1.82) is 0 Å². The Morgan fingerprint density at radius 3 is 2.58 bits per heavy atom. The molecule has 0 aliphatic carbocycles. The molecule has 3 rings (SSSR count). The normalized spacial score (nSPS) is 16.3. The number of carbonyl (C=O) groups is 2. The van der Waals surface area contributed by atoms with E-state index in [9.17, 15) is 9.59 Å². The minimum atomic E-state index is -0.598. The molecule has 1 aromatic heterocycles. The van der Waals surface area contributed by atoms with E-state index in [4.69, 9.17) is 4.74 Å². The number of anilines is 1. The molecule has 166 valence electrons. The van der Waals surface area contributed by atoms with E-state index in [1.165, 1.54) is 0 Å². The summed E-state index contributed by atoms with van der Waals surface area (Å²) in [6.07, 6.45) is 4.84. The number of pyridine rings is 1. The van der Waals surface area contributed by atoms with E-state index in [1.54, 1.807) is 11.1 Å². The van der Waals surface area contributed by atoms with E-state index in [1.807, 2.05) is 68.1 Å². The lowest BCUT2D eigenvalue weighted by atomic mass is 10.0. The van der Waals surface area contributed by atoms with Gasteiger partial charge in [-0.2, -0.15) is 0 Å². The van der Waals surface area contributed by atoms with Crippen LogP contribution >= 0.6 is 0 Å². The number of nitrogens with zero attached hydrogens (tertiary/aromatic N) is 3. The van der Waals surface area contributed by atoms with Gasteiger partial charge in [0.15, 0.2) is 0 Å². The predicted octanol–water partition coefficient (Wildman–Crippen LogP) is 5.60. The fourth-order valence-corrected chi connectivity index (χ4v) is 3.89. The Kier molecular flexibility index (Phi) is 7.31. The van der Waals surface area contributed by atoms with Crippen molar-refractivity contribution in [2.45, 2.75) is 65.0 Å². The Bertz CT molecular complexity index is 892. The Balaban J connectivity index is 1.94. The van der Waals surface area contributed by atoms with Gasteiger partial charge in [0.2, 0.25) is 0 Å². The minimum absolute atomic E-state index is 0.00952. The summed E-state index contributed by atoms with van der Waals surface area (Å²) in [7, 11) is 0. The van der Waals surface area contributed by atoms with Gasteiger partial charge < -0.3 is 9.64 Å². The van der Waals surface area contributed by atoms with E-state index < -0.39 is 11.7 Å². The molecule has 2 aromatic rings. The van der Waals surface area contributed by atoms with Crippen LogP contribution < -0.4 is 4.90 Å². The first-order valence-electron chi connectivity index (χ1n) is 11.1. The minimum Gasteiger partial charge on any atom is -0.443 e. The third-order valence-corrected chi connectivity index (χ3v) is 5.32. The van der Waals surface area contributed by atoms with E-state index in [2.05, 4.69) is 11.9 Å². The van der Waals surface area contributed by atoms with Crippen LogP contribution in [0.2, 0.25) is 0 Å². The molecule has 1 atom stereocenters. The number of hydrogen-bond acceptors (Lipinski definition) is 4. The quantitative estimate of drug-likeness (QED) is 0.607. The van der Waals surface area contributed by atoms with E-state index in [0.717, 1.165) is 31.2 Å². The molecule has 1 aliphatic heterocycles. The van der Waals surface area contributed by atoms with E-state index in [0.29, 0.717) is 24.5 Å². The second kappa shape index (κ2) is 9.94. The molecule has 0 unspecified atom stereocenters. The molecule has 1 saturated heterocycles. The van der Waals surface area contributed by atoms with Crippen LogP contribution in [0.1, 0.15) is 75.3 Å². The van der Waals surface area contributed by atoms with Gasteiger partial charge in [-0.25, -0.2) is 9.78 Å². The maximum absolute atomic E-state index is 13.2. The van der Waals surface area contributed by atoms with Gasteiger partial charge in [-0.15, -0.1) is 0 Å². The number of hydrogen-bond donors (Lipinski definition) is 0. The third-order valence-electron chi connectivity index (χ3n) is 5.32. The molecule has 0 spiro atoms. The topological polar surface area (TPSA) is 62.7 Å². The lowest BCUT2D eigenvalue weighted by Crippen LogP contribution is -2.39. The van der Waals surface area contributed by atoms with Crippen LogP contribution in [0, 0.1) is 0 Å². The molecule has 0 bridgehead atoms. The van der Waals surface area contributed by atoms with Crippen molar-refractivity contribution in [3.63, 3.8) is 0 Å². The van der Waals surface area contributed by atoms with Crippen LogP contribution in [0.4, 0.5) is 10.6 Å². The van der Waals surface area contributed by atoms with Gasteiger partial charge >= 0.3 is 6.09 Å². The van der Waals surface area contributed by atoms with Crippen LogP contribution in [0.3, 0.4) is 0 Å². The molecular formula is C25H33N3O3. The summed E-state index contributed by atoms with van der Waals surface area (Å²) in [4.78, 5) is 34.4. The van der Waals surface area contributed by atoms with Gasteiger partial charge in [-0.1, -0.05) is 37.6 Å². The Morgan fingerprint density at radius 2 is 1.90 bits per heavy atom. The highest BCUT2D eigenvalue weighted by Crippen LogP contribution is 2.37. The average Bonchev–Trinajstić information content (AvgIpc) is 3.23. The summed E-state index contributed by atoms with van der Waals surface area (Å²) in [5.74, 6) is 0.596. The fourth-order valence-electron chi connectivity index (χ4n) is 3.89. The van der Waals surface area contributed by atoms with Crippen LogP contribution in [0.15, 0.2) is 48.7 Å². The Labute approximate surface area is 185 Å². The number of rotatable bonds is 6. The molecule has 2 heterocycles. The Hall–Kier alpha value is -2.89. The molecule has 0 N–H and O–H groups in total. The zero-order chi connectivity index (χ0) is 22.4. The molecule has 2 amide bonds. The maximum Gasteiger partial charge on any atom is 0.416 e. The molecule has 1 aromatic carbocycles. The number of likely N-dealkylation sites (tertiary alicyclic amines) is 1. The highest BCUT2D eigenvalue weighted by molar-refractivity contribution is 5.95. The van der Waals surface area contributed by atoms with Gasteiger partial charge in [0.1, 0.15) is 11.4 Å². The predicted molar refractivity (Wildman–Crippen MR) is 122 cm³/mol. The SMILES string of the molecule is CCCCN(C(=O)OC(C)(C)C)c1ncccc1[C@H]1CCCN1C(=O)c1ccccc1. The van der Waals surface area contributed by atoms with Crippen LogP contribution in [0.25, 0.3) is 0 Å². The van der Waals surface area contributed by atoms with Crippen molar-refractivity contribution in [2.75, 3.05) is 18.0 Å². The second-order valence-electron chi connectivity index (χ2n) is 8.92. The first-order valence-corrected chi connectivity index (χ1v) is 11.1. The number of amides is 2. The fraction of sp³-hybridized carbons (Fsp3) is 0.480. The van der Waals surface area contributed by atoms with Crippen molar-refractivity contribution in [3.8, 4) is 0 Å². The monoisotopic (exact) mass is 423 g/mol. The smallest absolute Gasteiger partial charge is 0.416 e. The molecule has 6 heteroatoms. The van der Waals surface area contributed by atoms with E-state index >= 15 is 0 Å². The van der Waals surface area contributed by atoms with Crippen molar-refractivity contribution in [1.82, 2.24) is 9.88 Å². The van der Waals surface area contributed by atoms with Crippen molar-refractivity contribution in [2.24, 2.45) is 0 Å². The van der Waals surface area contributed by atoms with Crippen molar-refractivity contribution >= 4 is 17.8 Å². The number of unbranched alkanes of at least 4 members (excludes halogenated alkanes) is 1. The van der Waals surface area contributed by atoms with E-state index in [-0.39, 0.29) is 11.9 Å². The first kappa shape index (κ1) is 22.8. The third kappa shape index (κ3) is 5.63. The van der Waals surface area contributed by atoms with Gasteiger partial charge in [-0.3, -0.25) is 9.69 Å². The molecule has 0 radical (unpaired) electrons. The molecule has 1 fully saturated rings. The summed E-state index contributed by atoms with van der Waals surface area (Å²) in [5, 5.41) is 0. The lowest BCUT2D eigenvalue weighted by Gasteiger charge is -2.31. The Morgan fingerprint density at radius 1 is 1.16 bits per heavy atom. The molecule has 31 heavy (non-hydrogen) atoms. The van der Waals surface area contributed by atoms with Crippen LogP contribution in [0.5, 0.6) is 0 Å². The maximum atomic E-state index is 13.2. The molecule has 6 nitrogen and oxygen atoms in total. The summed E-state index contributed by atoms with van der Waals surface area (Å²) >= 11 is 0. The number of ether oxygens (including phenoxy) is 1. The second-order valence-corrected chi connectivity index (χ2v) is 8.92. The van der Waals surface area contributed by atoms with Crippen molar-refractivity contribution < 1.29 is 14.3 Å². The number of benzene rings is 1. The zero-order valence-electron chi connectivity index (χ0n) is 19.0. The summed E-state index contributed by atoms with van der Waals surface area (Å²) in [5.41, 5.74) is 0.972. The zero-order valence-corrected chi connectivity index (χ0v) is 19.0. The number of carbonyl (C=O) groups excluding carboxylic acids is 2. The van der Waals surface area contributed by atoms with Gasteiger partial charge in [-0.05, 0) is 58.2 Å². The highest BCUT2D eigenvalue weighted by Gasteiger charge is 2.35. The van der Waals surface area contributed by atoms with Crippen molar-refractivity contribution in [3.05, 3.63) is 59.8 Å². The van der Waals surface area contributed by atoms with Gasteiger partial charge in [0, 0.05) is 30.4 Å². The van der Waals surface area contributed by atoms with Gasteiger partial charge in [0.25, 0.3) is 5.91 Å². The number of aromatic nitrogens is 1. The van der Waals surface area contributed by atoms with Crippen LogP contribution in [-0.2, 0) is 4.74 Å². The summed E-state index contributed by atoms with van der Waals surface area (Å²) in [6.45, 7) is 8.88. The lowest BCUT2D eigenvalue weighted by molar-refractivity contribution is 0.0578. The molecule has 1 aliphatic rings.